The predicted octanol–water partition coefficient (Wildman–Crippen LogP) is 2.22. The Kier molecular flexibility index (Phi) is 3.32. The molecule has 1 aromatic carbocycles. The topological polar surface area (TPSA) is 69.4 Å². The Morgan fingerprint density at radius 1 is 1.39 bits per heavy atom. The summed E-state index contributed by atoms with van der Waals surface area (Å²) in [4.78, 5) is 3.25. The van der Waals surface area contributed by atoms with Gasteiger partial charge in [-0.2, -0.15) is 5.10 Å². The highest BCUT2D eigenvalue weighted by atomic mass is 35.5. The molecule has 6 nitrogen and oxygen atoms in total. The van der Waals surface area contributed by atoms with Gasteiger partial charge >= 0.3 is 0 Å². The molecule has 1 aromatic heterocycles. The lowest BCUT2D eigenvalue weighted by Gasteiger charge is -2.29. The first-order valence-electron chi connectivity index (χ1n) is 7.41. The van der Waals surface area contributed by atoms with Crippen molar-refractivity contribution in [2.24, 2.45) is 0 Å². The first kappa shape index (κ1) is 14.5. The summed E-state index contributed by atoms with van der Waals surface area (Å²) in [6, 6.07) is 5.65. The van der Waals surface area contributed by atoms with Crippen LogP contribution in [0, 0.1) is 0 Å². The number of benzene rings is 1. The number of aliphatic hydroxyl groups is 1. The molecule has 1 aliphatic heterocycles. The third-order valence-electron chi connectivity index (χ3n) is 4.30. The van der Waals surface area contributed by atoms with Crippen molar-refractivity contribution in [2.45, 2.75) is 29.9 Å². The number of alkyl halides is 1. The first-order chi connectivity index (χ1) is 11.1. The molecule has 1 saturated carbocycles. The van der Waals surface area contributed by atoms with E-state index in [-0.39, 0.29) is 13.3 Å². The van der Waals surface area contributed by atoms with E-state index in [9.17, 15) is 5.11 Å². The maximum atomic E-state index is 11.1. The van der Waals surface area contributed by atoms with Gasteiger partial charge in [0.15, 0.2) is 11.5 Å². The summed E-state index contributed by atoms with van der Waals surface area (Å²) in [5.74, 6) is 1.39. The summed E-state index contributed by atoms with van der Waals surface area (Å²) >= 11 is 6.53. The molecule has 120 valence electrons. The van der Waals surface area contributed by atoms with Crippen molar-refractivity contribution in [3.63, 3.8) is 0 Å². The largest absolute Gasteiger partial charge is 0.454 e. The Bertz CT molecular complexity index is 743. The predicted molar refractivity (Wildman–Crippen MR) is 84.4 cm³/mol. The second kappa shape index (κ2) is 5.25. The lowest BCUT2D eigenvalue weighted by atomic mass is 9.95. The molecule has 0 radical (unpaired) electrons. The molecule has 0 amide bonds. The molecule has 0 bridgehead atoms. The van der Waals surface area contributed by atoms with Crippen LogP contribution in [0.3, 0.4) is 0 Å². The monoisotopic (exact) mass is 333 g/mol. The summed E-state index contributed by atoms with van der Waals surface area (Å²) in [6.45, 7) is 0.461. The SMILES string of the molecule is OC(/C=C/c1cccc2c1OCO2)(Cn1cncn1)C1(Cl)CC1. The van der Waals surface area contributed by atoms with Gasteiger partial charge in [-0.15, -0.1) is 11.6 Å². The number of rotatable bonds is 5. The first-order valence-corrected chi connectivity index (χ1v) is 7.79. The van der Waals surface area contributed by atoms with E-state index in [0.717, 1.165) is 18.4 Å². The molecule has 7 heteroatoms. The highest BCUT2D eigenvalue weighted by Crippen LogP contribution is 2.52. The second-order valence-electron chi connectivity index (χ2n) is 5.90. The molecule has 1 unspecified atom stereocenters. The summed E-state index contributed by atoms with van der Waals surface area (Å²) in [5.41, 5.74) is -0.373. The van der Waals surface area contributed by atoms with Crippen molar-refractivity contribution in [3.8, 4) is 11.5 Å². The zero-order chi connectivity index (χ0) is 15.9. The van der Waals surface area contributed by atoms with Crippen molar-refractivity contribution in [3.05, 3.63) is 42.5 Å². The number of hydrogen-bond donors (Lipinski definition) is 1. The van der Waals surface area contributed by atoms with Crippen molar-refractivity contribution >= 4 is 17.7 Å². The van der Waals surface area contributed by atoms with Crippen LogP contribution in [0.25, 0.3) is 6.08 Å². The molecule has 4 rings (SSSR count). The minimum absolute atomic E-state index is 0.211. The fraction of sp³-hybridized carbons (Fsp3) is 0.375. The van der Waals surface area contributed by atoms with E-state index in [1.165, 1.54) is 6.33 Å². The van der Waals surface area contributed by atoms with Crippen LogP contribution in [0.2, 0.25) is 0 Å². The van der Waals surface area contributed by atoms with Gasteiger partial charge in [-0.05, 0) is 25.0 Å². The van der Waals surface area contributed by atoms with E-state index in [4.69, 9.17) is 21.1 Å². The standard InChI is InChI=1S/C16H16ClN3O3/c17-15(6-7-15)16(21,8-20-10-18-9-19-20)5-4-12-2-1-3-13-14(12)23-11-22-13/h1-5,9-10,21H,6-8,11H2/b5-4+. The van der Waals surface area contributed by atoms with Crippen LogP contribution in [0.1, 0.15) is 18.4 Å². The van der Waals surface area contributed by atoms with Crippen LogP contribution >= 0.6 is 11.6 Å². The Morgan fingerprint density at radius 2 is 2.26 bits per heavy atom. The average Bonchev–Trinajstić information content (AvgIpc) is 2.96. The van der Waals surface area contributed by atoms with Gasteiger partial charge in [0.2, 0.25) is 6.79 Å². The van der Waals surface area contributed by atoms with Crippen LogP contribution in [0.4, 0.5) is 0 Å². The molecule has 1 N–H and O–H groups in total. The zero-order valence-electron chi connectivity index (χ0n) is 12.4. The summed E-state index contributed by atoms with van der Waals surface area (Å²) in [6.07, 6.45) is 8.08. The number of ether oxygens (including phenoxy) is 2. The third-order valence-corrected chi connectivity index (χ3v) is 5.01. The van der Waals surface area contributed by atoms with Crippen molar-refractivity contribution in [1.82, 2.24) is 14.8 Å². The van der Waals surface area contributed by atoms with E-state index in [0.29, 0.717) is 11.5 Å². The van der Waals surface area contributed by atoms with E-state index in [1.54, 1.807) is 17.1 Å². The summed E-state index contributed by atoms with van der Waals surface area (Å²) in [7, 11) is 0. The number of aromatic nitrogens is 3. The van der Waals surface area contributed by atoms with Gasteiger partial charge in [0.05, 0.1) is 11.4 Å². The molecule has 2 heterocycles. The van der Waals surface area contributed by atoms with Crippen LogP contribution in [-0.2, 0) is 6.54 Å². The van der Waals surface area contributed by atoms with Crippen LogP contribution in [-0.4, -0.2) is 37.1 Å². The fourth-order valence-electron chi connectivity index (χ4n) is 2.76. The van der Waals surface area contributed by atoms with Gasteiger partial charge in [-0.3, -0.25) is 0 Å². The van der Waals surface area contributed by atoms with Gasteiger partial charge in [-0.25, -0.2) is 9.67 Å². The number of halogens is 1. The smallest absolute Gasteiger partial charge is 0.231 e. The van der Waals surface area contributed by atoms with Crippen molar-refractivity contribution in [2.75, 3.05) is 6.79 Å². The third kappa shape index (κ3) is 2.58. The normalized spacial score (nSPS) is 20.6. The van der Waals surface area contributed by atoms with Crippen LogP contribution in [0.5, 0.6) is 11.5 Å². The minimum atomic E-state index is -1.22. The number of fused-ring (bicyclic) bond motifs is 1. The van der Waals surface area contributed by atoms with E-state index in [2.05, 4.69) is 10.1 Å². The van der Waals surface area contributed by atoms with Crippen LogP contribution < -0.4 is 9.47 Å². The van der Waals surface area contributed by atoms with E-state index in [1.807, 2.05) is 24.3 Å². The number of para-hydroxylation sites is 1. The van der Waals surface area contributed by atoms with Gasteiger partial charge in [0, 0.05) is 5.56 Å². The van der Waals surface area contributed by atoms with Gasteiger partial charge in [0.1, 0.15) is 18.3 Å². The highest BCUT2D eigenvalue weighted by Gasteiger charge is 2.56. The van der Waals surface area contributed by atoms with Gasteiger partial charge in [-0.1, -0.05) is 18.2 Å². The molecule has 2 aliphatic rings. The van der Waals surface area contributed by atoms with Gasteiger partial charge in [0.25, 0.3) is 0 Å². The van der Waals surface area contributed by atoms with Crippen molar-refractivity contribution in [1.29, 1.82) is 0 Å². The molecule has 2 aromatic rings. The molecule has 1 fully saturated rings. The molecule has 0 saturated heterocycles. The fourth-order valence-corrected chi connectivity index (χ4v) is 2.98. The Hall–Kier alpha value is -2.05. The Labute approximate surface area is 138 Å². The molecule has 23 heavy (non-hydrogen) atoms. The second-order valence-corrected chi connectivity index (χ2v) is 6.62. The lowest BCUT2D eigenvalue weighted by Crippen LogP contribution is -2.43. The zero-order valence-corrected chi connectivity index (χ0v) is 13.1. The average molecular weight is 334 g/mol. The lowest BCUT2D eigenvalue weighted by molar-refractivity contribution is 0.0564. The minimum Gasteiger partial charge on any atom is -0.454 e. The maximum absolute atomic E-state index is 11.1. The van der Waals surface area contributed by atoms with E-state index >= 15 is 0 Å². The molecular formula is C16H16ClN3O3. The Balaban J connectivity index is 1.65. The van der Waals surface area contributed by atoms with Gasteiger partial charge < -0.3 is 14.6 Å². The molecule has 1 atom stereocenters. The highest BCUT2D eigenvalue weighted by molar-refractivity contribution is 6.27. The molecule has 1 aliphatic carbocycles. The number of hydrogen-bond acceptors (Lipinski definition) is 5. The molecular weight excluding hydrogens is 318 g/mol. The van der Waals surface area contributed by atoms with Crippen molar-refractivity contribution < 1.29 is 14.6 Å². The summed E-state index contributed by atoms with van der Waals surface area (Å²) in [5, 5.41) is 15.2. The quantitative estimate of drug-likeness (QED) is 0.850. The van der Waals surface area contributed by atoms with Crippen LogP contribution in [0.15, 0.2) is 36.9 Å². The Morgan fingerprint density at radius 3 is 3.00 bits per heavy atom. The van der Waals surface area contributed by atoms with E-state index < -0.39 is 10.5 Å². The molecule has 0 spiro atoms. The number of nitrogens with zero attached hydrogens (tertiary/aromatic N) is 3. The maximum Gasteiger partial charge on any atom is 0.231 e. The summed E-state index contributed by atoms with van der Waals surface area (Å²) < 4.78 is 12.4.